The Hall–Kier alpha value is -1.88. The minimum atomic E-state index is -0.756. The summed E-state index contributed by atoms with van der Waals surface area (Å²) >= 11 is 0. The van der Waals surface area contributed by atoms with Crippen LogP contribution in [0.1, 0.15) is 32.3 Å². The Morgan fingerprint density at radius 3 is 2.68 bits per heavy atom. The molecule has 0 bridgehead atoms. The third-order valence-electron chi connectivity index (χ3n) is 3.96. The number of nitrogens with zero attached hydrogens (tertiary/aromatic N) is 1. The van der Waals surface area contributed by atoms with Crippen molar-refractivity contribution in [3.63, 3.8) is 0 Å². The maximum Gasteiger partial charge on any atom is 0.416 e. The van der Waals surface area contributed by atoms with Crippen LogP contribution < -0.4 is 0 Å². The maximum atomic E-state index is 12.3. The predicted octanol–water partition coefficient (Wildman–Crippen LogP) is 2.37. The number of amides is 2. The van der Waals surface area contributed by atoms with E-state index < -0.39 is 12.2 Å². The number of aryl methyl sites for hydroxylation is 1. The molecule has 0 aromatic heterocycles. The summed E-state index contributed by atoms with van der Waals surface area (Å²) in [5.74, 6) is -0.223. The minimum absolute atomic E-state index is 0.0504. The molecule has 2 amide bonds. The Morgan fingerprint density at radius 1 is 1.36 bits per heavy atom. The smallest absolute Gasteiger partial charge is 0.416 e. The van der Waals surface area contributed by atoms with E-state index in [1.165, 1.54) is 0 Å². The van der Waals surface area contributed by atoms with Crippen molar-refractivity contribution in [3.05, 3.63) is 35.9 Å². The summed E-state index contributed by atoms with van der Waals surface area (Å²) in [6.07, 6.45) is -0.211. The zero-order valence-electron chi connectivity index (χ0n) is 13.1. The number of cyclic esters (lactones) is 1. The first-order valence-electron chi connectivity index (χ1n) is 7.70. The zero-order valence-corrected chi connectivity index (χ0v) is 13.1. The molecule has 1 aromatic carbocycles. The van der Waals surface area contributed by atoms with Crippen LogP contribution in [0, 0.1) is 5.92 Å². The summed E-state index contributed by atoms with van der Waals surface area (Å²) in [4.78, 5) is 25.1. The van der Waals surface area contributed by atoms with Gasteiger partial charge in [0.15, 0.2) is 0 Å². The summed E-state index contributed by atoms with van der Waals surface area (Å²) in [5, 5.41) is 10.1. The molecule has 0 saturated carbocycles. The number of carbonyl (C=O) groups excluding carboxylic acids is 2. The van der Waals surface area contributed by atoms with Crippen molar-refractivity contribution in [2.75, 3.05) is 6.61 Å². The number of imide groups is 1. The summed E-state index contributed by atoms with van der Waals surface area (Å²) in [6.45, 7) is 4.12. The van der Waals surface area contributed by atoms with Gasteiger partial charge in [-0.3, -0.25) is 4.79 Å². The van der Waals surface area contributed by atoms with Gasteiger partial charge in [0.2, 0.25) is 5.91 Å². The lowest BCUT2D eigenvalue weighted by Crippen LogP contribution is -2.43. The largest absolute Gasteiger partial charge is 0.447 e. The highest BCUT2D eigenvalue weighted by Crippen LogP contribution is 2.21. The second-order valence-electron chi connectivity index (χ2n) is 6.03. The second kappa shape index (κ2) is 7.40. The lowest BCUT2D eigenvalue weighted by molar-refractivity contribution is -0.131. The van der Waals surface area contributed by atoms with Gasteiger partial charge in [0.25, 0.3) is 0 Å². The van der Waals surface area contributed by atoms with Gasteiger partial charge in [0, 0.05) is 0 Å². The number of aliphatic hydroxyl groups excluding tert-OH is 1. The minimum Gasteiger partial charge on any atom is -0.447 e. The van der Waals surface area contributed by atoms with Crippen LogP contribution in [0.3, 0.4) is 0 Å². The average Bonchev–Trinajstić information content (AvgIpc) is 2.88. The predicted molar refractivity (Wildman–Crippen MR) is 82.2 cm³/mol. The molecule has 1 fully saturated rings. The summed E-state index contributed by atoms with van der Waals surface area (Å²) in [6, 6.07) is 9.57. The van der Waals surface area contributed by atoms with Crippen LogP contribution in [-0.4, -0.2) is 40.8 Å². The van der Waals surface area contributed by atoms with Crippen molar-refractivity contribution >= 4 is 12.0 Å². The van der Waals surface area contributed by atoms with Crippen LogP contribution in [0.15, 0.2) is 30.3 Å². The lowest BCUT2D eigenvalue weighted by atomic mass is 10.0. The van der Waals surface area contributed by atoms with Gasteiger partial charge in [-0.2, -0.15) is 0 Å². The molecule has 1 saturated heterocycles. The van der Waals surface area contributed by atoms with Crippen molar-refractivity contribution in [1.29, 1.82) is 0 Å². The third-order valence-corrected chi connectivity index (χ3v) is 3.96. The van der Waals surface area contributed by atoms with Gasteiger partial charge >= 0.3 is 6.09 Å². The molecular formula is C17H23NO4. The fourth-order valence-corrected chi connectivity index (χ4v) is 2.59. The van der Waals surface area contributed by atoms with E-state index in [-0.39, 0.29) is 30.9 Å². The third kappa shape index (κ3) is 4.07. The van der Waals surface area contributed by atoms with E-state index in [1.54, 1.807) is 0 Å². The molecular weight excluding hydrogens is 282 g/mol. The Labute approximate surface area is 130 Å². The fraction of sp³-hybridized carbons (Fsp3) is 0.529. The van der Waals surface area contributed by atoms with E-state index in [4.69, 9.17) is 4.74 Å². The Bertz CT molecular complexity index is 515. The SMILES string of the molecule is CC(C)[C@H]1COC(=O)N1C(=O)CC(O)CCc1ccccc1. The van der Waals surface area contributed by atoms with E-state index in [9.17, 15) is 14.7 Å². The van der Waals surface area contributed by atoms with Crippen molar-refractivity contribution < 1.29 is 19.4 Å². The highest BCUT2D eigenvalue weighted by atomic mass is 16.6. The van der Waals surface area contributed by atoms with Crippen molar-refractivity contribution in [2.45, 2.75) is 45.3 Å². The van der Waals surface area contributed by atoms with E-state index in [1.807, 2.05) is 44.2 Å². The standard InChI is InChI=1S/C17H23NO4/c1-12(2)15-11-22-17(21)18(15)16(20)10-14(19)9-8-13-6-4-3-5-7-13/h3-7,12,14-15,19H,8-11H2,1-2H3/t14?,15-/m1/s1. The summed E-state index contributed by atoms with van der Waals surface area (Å²) in [5.41, 5.74) is 1.12. The summed E-state index contributed by atoms with van der Waals surface area (Å²) < 4.78 is 4.96. The molecule has 22 heavy (non-hydrogen) atoms. The molecule has 2 rings (SSSR count). The highest BCUT2D eigenvalue weighted by Gasteiger charge is 2.39. The molecule has 1 aliphatic rings. The molecule has 1 heterocycles. The molecule has 1 aliphatic heterocycles. The number of hydrogen-bond acceptors (Lipinski definition) is 4. The summed E-state index contributed by atoms with van der Waals surface area (Å²) in [7, 11) is 0. The van der Waals surface area contributed by atoms with Gasteiger partial charge in [-0.1, -0.05) is 44.2 Å². The Kier molecular flexibility index (Phi) is 5.55. The number of aliphatic hydroxyl groups is 1. The monoisotopic (exact) mass is 305 g/mol. The number of rotatable bonds is 6. The molecule has 1 N–H and O–H groups in total. The van der Waals surface area contributed by atoms with Gasteiger partial charge < -0.3 is 9.84 Å². The van der Waals surface area contributed by atoms with Gasteiger partial charge in [-0.15, -0.1) is 0 Å². The van der Waals surface area contributed by atoms with Crippen LogP contribution in [0.5, 0.6) is 0 Å². The molecule has 1 unspecified atom stereocenters. The molecule has 5 nitrogen and oxygen atoms in total. The quantitative estimate of drug-likeness (QED) is 0.876. The molecule has 5 heteroatoms. The first kappa shape index (κ1) is 16.5. The topological polar surface area (TPSA) is 66.8 Å². The number of benzene rings is 1. The van der Waals surface area contributed by atoms with E-state index >= 15 is 0 Å². The Balaban J connectivity index is 1.86. The van der Waals surface area contributed by atoms with Crippen molar-refractivity contribution in [1.82, 2.24) is 4.90 Å². The zero-order chi connectivity index (χ0) is 16.1. The van der Waals surface area contributed by atoms with E-state index in [2.05, 4.69) is 0 Å². The Morgan fingerprint density at radius 2 is 2.05 bits per heavy atom. The van der Waals surface area contributed by atoms with Crippen LogP contribution in [0.4, 0.5) is 4.79 Å². The molecule has 120 valence electrons. The number of carbonyl (C=O) groups is 2. The molecule has 0 spiro atoms. The molecule has 0 radical (unpaired) electrons. The van der Waals surface area contributed by atoms with Crippen LogP contribution in [0.25, 0.3) is 0 Å². The molecule has 2 atom stereocenters. The second-order valence-corrected chi connectivity index (χ2v) is 6.03. The van der Waals surface area contributed by atoms with Gasteiger partial charge in [-0.25, -0.2) is 9.69 Å². The van der Waals surface area contributed by atoms with Gasteiger partial charge in [0.05, 0.1) is 18.6 Å². The van der Waals surface area contributed by atoms with Crippen molar-refractivity contribution in [3.8, 4) is 0 Å². The normalized spacial score (nSPS) is 19.4. The van der Waals surface area contributed by atoms with Gasteiger partial charge in [0.1, 0.15) is 6.61 Å². The maximum absolute atomic E-state index is 12.3. The van der Waals surface area contributed by atoms with Crippen LogP contribution in [-0.2, 0) is 16.0 Å². The van der Waals surface area contributed by atoms with Crippen LogP contribution in [0.2, 0.25) is 0 Å². The van der Waals surface area contributed by atoms with Crippen molar-refractivity contribution in [2.24, 2.45) is 5.92 Å². The first-order valence-corrected chi connectivity index (χ1v) is 7.70. The lowest BCUT2D eigenvalue weighted by Gasteiger charge is -2.23. The van der Waals surface area contributed by atoms with E-state index in [0.29, 0.717) is 12.8 Å². The molecule has 0 aliphatic carbocycles. The van der Waals surface area contributed by atoms with Crippen LogP contribution >= 0.6 is 0 Å². The average molecular weight is 305 g/mol. The number of hydrogen-bond donors (Lipinski definition) is 1. The highest BCUT2D eigenvalue weighted by molar-refractivity contribution is 5.93. The fourth-order valence-electron chi connectivity index (χ4n) is 2.59. The van der Waals surface area contributed by atoms with E-state index in [0.717, 1.165) is 10.5 Å². The molecule has 1 aromatic rings. The first-order chi connectivity index (χ1) is 10.5. The van der Waals surface area contributed by atoms with Gasteiger partial charge in [-0.05, 0) is 24.3 Å². The number of ether oxygens (including phenoxy) is 1.